The molecule has 0 radical (unpaired) electrons. The Bertz CT molecular complexity index is 1070. The molecule has 0 fully saturated rings. The molecule has 9 heteroatoms. The summed E-state index contributed by atoms with van der Waals surface area (Å²) < 4.78 is 19.0. The van der Waals surface area contributed by atoms with E-state index in [4.69, 9.17) is 0 Å². The van der Waals surface area contributed by atoms with Gasteiger partial charge >= 0.3 is 0 Å². The summed E-state index contributed by atoms with van der Waals surface area (Å²) in [7, 11) is 2.50. The van der Waals surface area contributed by atoms with Gasteiger partial charge in [-0.3, -0.25) is 13.6 Å². The van der Waals surface area contributed by atoms with Crippen LogP contribution in [0, 0.1) is 0 Å². The molecule has 0 saturated carbocycles. The van der Waals surface area contributed by atoms with Gasteiger partial charge in [0, 0.05) is 41.1 Å². The van der Waals surface area contributed by atoms with Crippen LogP contribution >= 0.6 is 11.3 Å². The number of para-hydroxylation sites is 1. The zero-order valence-corrected chi connectivity index (χ0v) is 25.1. The van der Waals surface area contributed by atoms with Gasteiger partial charge in [-0.2, -0.15) is 0 Å². The number of carbonyl (C=O) groups is 1. The first-order chi connectivity index (χ1) is 19.7. The van der Waals surface area contributed by atoms with Crippen molar-refractivity contribution in [3.63, 3.8) is 0 Å². The Morgan fingerprint density at radius 3 is 2.27 bits per heavy atom. The van der Waals surface area contributed by atoms with E-state index in [1.54, 1.807) is 11.3 Å². The molecule has 1 amide bonds. The summed E-state index contributed by atoms with van der Waals surface area (Å²) in [5.41, 5.74) is 7.10. The number of nitrogens with zero attached hydrogens (tertiary/aromatic N) is 1. The highest BCUT2D eigenvalue weighted by atomic mass is 32.1. The van der Waals surface area contributed by atoms with Crippen LogP contribution in [0.2, 0.25) is 0 Å². The number of allylic oxidation sites excluding steroid dienone is 4. The van der Waals surface area contributed by atoms with Crippen LogP contribution in [0.4, 0.5) is 25.3 Å². The van der Waals surface area contributed by atoms with Crippen LogP contribution in [0.15, 0.2) is 85.1 Å². The van der Waals surface area contributed by atoms with E-state index in [2.05, 4.69) is 51.8 Å². The highest BCUT2D eigenvalue weighted by molar-refractivity contribution is 7.15. The molecule has 1 heterocycles. The third-order valence-electron chi connectivity index (χ3n) is 5.34. The van der Waals surface area contributed by atoms with Gasteiger partial charge in [0.1, 0.15) is 0 Å². The van der Waals surface area contributed by atoms with E-state index in [1.165, 1.54) is 11.9 Å². The van der Waals surface area contributed by atoms with Gasteiger partial charge in [-0.05, 0) is 69.1 Å². The number of hydrogen-bond donors (Lipinski definition) is 4. The van der Waals surface area contributed by atoms with Crippen molar-refractivity contribution in [3.05, 3.63) is 95.5 Å². The third kappa shape index (κ3) is 14.6. The van der Waals surface area contributed by atoms with Gasteiger partial charge in [0.2, 0.25) is 0 Å². The fourth-order valence-electron chi connectivity index (χ4n) is 3.56. The van der Waals surface area contributed by atoms with E-state index < -0.39 is 0 Å². The van der Waals surface area contributed by atoms with Crippen molar-refractivity contribution in [2.45, 2.75) is 39.0 Å². The van der Waals surface area contributed by atoms with Crippen LogP contribution in [0.3, 0.4) is 0 Å². The first-order valence-corrected chi connectivity index (χ1v) is 14.0. The van der Waals surface area contributed by atoms with E-state index in [1.807, 2.05) is 73.8 Å². The molecule has 6 nitrogen and oxygen atoms in total. The van der Waals surface area contributed by atoms with E-state index in [-0.39, 0.29) is 5.91 Å². The molecule has 1 aromatic heterocycles. The number of hydrogen-bond acceptors (Lipinski definition) is 6. The topological polar surface area (TPSA) is 92.1 Å². The number of benzene rings is 2. The lowest BCUT2D eigenvalue weighted by atomic mass is 9.98. The number of nitrogens with two attached hydrogens (primary N) is 1. The van der Waals surface area contributed by atoms with Crippen LogP contribution in [0.25, 0.3) is 0 Å². The first kappa shape index (κ1) is 36.4. The van der Waals surface area contributed by atoms with Crippen LogP contribution in [0.1, 0.15) is 54.3 Å². The van der Waals surface area contributed by atoms with Gasteiger partial charge in [0.05, 0.1) is 14.4 Å². The summed E-state index contributed by atoms with van der Waals surface area (Å²) in [5, 5.41) is 10.5. The Morgan fingerprint density at radius 2 is 1.65 bits per heavy atom. The first-order valence-electron chi connectivity index (χ1n) is 13.2. The van der Waals surface area contributed by atoms with Crippen LogP contribution in [-0.2, 0) is 0 Å². The highest BCUT2D eigenvalue weighted by Gasteiger charge is 2.13. The van der Waals surface area contributed by atoms with Crippen molar-refractivity contribution in [3.8, 4) is 0 Å². The summed E-state index contributed by atoms with van der Waals surface area (Å²) in [4.78, 5) is 18.3. The summed E-state index contributed by atoms with van der Waals surface area (Å²) in [6.45, 7) is 5.48. The maximum atomic E-state index is 12.4. The molecular weight excluding hydrogens is 528 g/mol. The standard InChI is InChI=1S/C28H34N4OS.2CH3F.CH5N/c1-3-5-6-8-12-22(11-4-2)26-21-31-28(34-26)32-25-17-15-23(16-18-25)27(33)30-20-19-29-24-13-9-7-10-14-24;3*1-2/h3,5-10,13-18,21-22,29H,4,11-12,19-20H2,1-2H3,(H,30,33)(H,31,32);2*1H3;2H2,1H3/b5-3-,8-6-;;;. The zero-order valence-electron chi connectivity index (χ0n) is 24.3. The number of carbonyl (C=O) groups excluding carboxylic acids is 1. The minimum atomic E-state index is -0.0775. The zero-order chi connectivity index (χ0) is 30.0. The number of anilines is 3. The highest BCUT2D eigenvalue weighted by Crippen LogP contribution is 2.33. The number of halogens is 2. The summed E-state index contributed by atoms with van der Waals surface area (Å²) >= 11 is 1.70. The van der Waals surface area contributed by atoms with Gasteiger partial charge < -0.3 is 21.7 Å². The number of amides is 1. The SMILES string of the molecule is C/C=C\C=C/CC(CCC)c1cnc(Nc2ccc(C(=O)NCCNc3ccccc3)cc2)s1.CF.CF.CN. The molecule has 3 aromatic rings. The maximum absolute atomic E-state index is 12.4. The second-order valence-electron chi connectivity index (χ2n) is 7.99. The summed E-state index contributed by atoms with van der Waals surface area (Å²) in [6, 6.07) is 17.5. The third-order valence-corrected chi connectivity index (χ3v) is 6.41. The Labute approximate surface area is 242 Å². The Kier molecular flexibility index (Phi) is 22.3. The second kappa shape index (κ2) is 24.5. The summed E-state index contributed by atoms with van der Waals surface area (Å²) in [6.07, 6.45) is 13.7. The van der Waals surface area contributed by atoms with Crippen molar-refractivity contribution in [2.75, 3.05) is 45.1 Å². The minimum Gasteiger partial charge on any atom is -0.383 e. The average molecular weight is 574 g/mol. The molecule has 0 bridgehead atoms. The van der Waals surface area contributed by atoms with E-state index in [9.17, 15) is 13.6 Å². The Balaban J connectivity index is 0.00000237. The normalized spacial score (nSPS) is 10.8. The lowest BCUT2D eigenvalue weighted by molar-refractivity contribution is 0.0955. The summed E-state index contributed by atoms with van der Waals surface area (Å²) in [5.74, 6) is 0.410. The van der Waals surface area contributed by atoms with Crippen molar-refractivity contribution in [2.24, 2.45) is 5.73 Å². The molecule has 0 aliphatic rings. The molecular formula is C31H45F2N5OS. The molecule has 1 unspecified atom stereocenters. The smallest absolute Gasteiger partial charge is 0.251 e. The Morgan fingerprint density at radius 1 is 0.975 bits per heavy atom. The van der Waals surface area contributed by atoms with Crippen LogP contribution in [-0.4, -0.2) is 45.4 Å². The lowest BCUT2D eigenvalue weighted by Gasteiger charge is -2.11. The maximum Gasteiger partial charge on any atom is 0.251 e. The number of alkyl halides is 2. The number of aromatic nitrogens is 1. The largest absolute Gasteiger partial charge is 0.383 e. The number of nitrogens with one attached hydrogen (secondary N) is 3. The molecule has 0 saturated heterocycles. The predicted molar refractivity (Wildman–Crippen MR) is 169 cm³/mol. The molecule has 0 spiro atoms. The van der Waals surface area contributed by atoms with Gasteiger partial charge in [-0.1, -0.05) is 55.8 Å². The van der Waals surface area contributed by atoms with E-state index >= 15 is 0 Å². The monoisotopic (exact) mass is 573 g/mol. The van der Waals surface area contributed by atoms with E-state index in [0.29, 0.717) is 38.9 Å². The fourth-order valence-corrected chi connectivity index (χ4v) is 4.54. The van der Waals surface area contributed by atoms with Gasteiger partial charge in [0.25, 0.3) is 5.91 Å². The molecule has 2 aromatic carbocycles. The molecule has 40 heavy (non-hydrogen) atoms. The molecule has 5 N–H and O–H groups in total. The van der Waals surface area contributed by atoms with Gasteiger partial charge in [-0.25, -0.2) is 4.98 Å². The van der Waals surface area contributed by atoms with Gasteiger partial charge in [-0.15, -0.1) is 11.3 Å². The number of rotatable bonds is 13. The van der Waals surface area contributed by atoms with Crippen molar-refractivity contribution in [1.82, 2.24) is 10.3 Å². The molecule has 1 atom stereocenters. The van der Waals surface area contributed by atoms with Crippen molar-refractivity contribution in [1.29, 1.82) is 0 Å². The quantitative estimate of drug-likeness (QED) is 0.123. The molecule has 0 aliphatic carbocycles. The predicted octanol–water partition coefficient (Wildman–Crippen LogP) is 7.88. The number of thiazole rings is 1. The van der Waals surface area contributed by atoms with E-state index in [0.717, 1.165) is 35.8 Å². The molecule has 3 rings (SSSR count). The second-order valence-corrected chi connectivity index (χ2v) is 9.06. The average Bonchev–Trinajstić information content (AvgIpc) is 3.49. The lowest BCUT2D eigenvalue weighted by Crippen LogP contribution is -2.28. The Hall–Kier alpha value is -3.56. The molecule has 0 aliphatic heterocycles. The van der Waals surface area contributed by atoms with Crippen LogP contribution < -0.4 is 21.7 Å². The fraction of sp³-hybridized carbons (Fsp3) is 0.355. The minimum absolute atomic E-state index is 0.0775. The molecule has 220 valence electrons. The van der Waals surface area contributed by atoms with Crippen molar-refractivity contribution >= 4 is 33.8 Å². The van der Waals surface area contributed by atoms with Crippen molar-refractivity contribution < 1.29 is 13.6 Å². The van der Waals surface area contributed by atoms with Gasteiger partial charge in [0.15, 0.2) is 5.13 Å². The van der Waals surface area contributed by atoms with Crippen LogP contribution in [0.5, 0.6) is 0 Å².